The second-order valence-corrected chi connectivity index (χ2v) is 5.41. The molecule has 1 heterocycles. The average Bonchev–Trinajstić information content (AvgIpc) is 3.15. The van der Waals surface area contributed by atoms with Gasteiger partial charge in [0.15, 0.2) is 0 Å². The molecule has 3 rings (SSSR count). The molecule has 0 aliphatic heterocycles. The van der Waals surface area contributed by atoms with Crippen LogP contribution in [0.3, 0.4) is 0 Å². The maximum Gasteiger partial charge on any atom is 0.224 e. The van der Waals surface area contributed by atoms with Crippen LogP contribution in [0.2, 0.25) is 0 Å². The third-order valence-electron chi connectivity index (χ3n) is 3.69. The van der Waals surface area contributed by atoms with E-state index in [4.69, 9.17) is 0 Å². The van der Waals surface area contributed by atoms with Crippen molar-refractivity contribution < 1.29 is 4.79 Å². The molecule has 0 bridgehead atoms. The first-order chi connectivity index (χ1) is 11.7. The number of hydrogen-bond donors (Lipinski definition) is 2. The van der Waals surface area contributed by atoms with Gasteiger partial charge in [-0.15, -0.1) is 0 Å². The van der Waals surface area contributed by atoms with E-state index in [1.165, 1.54) is 6.33 Å². The van der Waals surface area contributed by atoms with Crippen molar-refractivity contribution in [2.75, 3.05) is 12.4 Å². The zero-order chi connectivity index (χ0) is 16.8. The van der Waals surface area contributed by atoms with Crippen molar-refractivity contribution in [1.29, 1.82) is 0 Å². The molecule has 3 aromatic rings. The van der Waals surface area contributed by atoms with Crippen molar-refractivity contribution in [3.8, 4) is 5.69 Å². The summed E-state index contributed by atoms with van der Waals surface area (Å²) in [7, 11) is 1.65. The lowest BCUT2D eigenvalue weighted by Crippen LogP contribution is -2.19. The molecule has 6 nitrogen and oxygen atoms in total. The zero-order valence-corrected chi connectivity index (χ0v) is 13.4. The fraction of sp³-hybridized carbons (Fsp3) is 0.167. The Kier molecular flexibility index (Phi) is 4.86. The lowest BCUT2D eigenvalue weighted by atomic mass is 10.1. The lowest BCUT2D eigenvalue weighted by Gasteiger charge is -2.09. The molecule has 2 N–H and O–H groups in total. The number of anilines is 1. The van der Waals surface area contributed by atoms with Crippen LogP contribution >= 0.6 is 0 Å². The molecule has 0 fully saturated rings. The molecule has 122 valence electrons. The molecular weight excluding hydrogens is 302 g/mol. The number of aromatic nitrogens is 3. The third kappa shape index (κ3) is 3.98. The molecule has 0 atom stereocenters. The van der Waals surface area contributed by atoms with Gasteiger partial charge in [-0.1, -0.05) is 24.3 Å². The van der Waals surface area contributed by atoms with Crippen LogP contribution in [0.5, 0.6) is 0 Å². The second kappa shape index (κ2) is 7.41. The summed E-state index contributed by atoms with van der Waals surface area (Å²) in [4.78, 5) is 15.4. The third-order valence-corrected chi connectivity index (χ3v) is 3.69. The Hall–Kier alpha value is -3.15. The summed E-state index contributed by atoms with van der Waals surface area (Å²) in [5.41, 5.74) is 4.12. The summed E-state index contributed by atoms with van der Waals surface area (Å²) in [5, 5.41) is 10.1. The number of nitrogens with one attached hydrogen (secondary N) is 2. The van der Waals surface area contributed by atoms with Crippen LogP contribution < -0.4 is 10.6 Å². The quantitative estimate of drug-likeness (QED) is 0.730. The highest BCUT2D eigenvalue weighted by Gasteiger charge is 2.02. The predicted molar refractivity (Wildman–Crippen MR) is 92.9 cm³/mol. The van der Waals surface area contributed by atoms with Gasteiger partial charge in [-0.05, 0) is 35.4 Å². The summed E-state index contributed by atoms with van der Waals surface area (Å²) in [6, 6.07) is 16.0. The Morgan fingerprint density at radius 1 is 1.12 bits per heavy atom. The minimum Gasteiger partial charge on any atom is -0.381 e. The maximum atomic E-state index is 11.5. The molecule has 0 unspecified atom stereocenters. The van der Waals surface area contributed by atoms with Crippen molar-refractivity contribution in [2.24, 2.45) is 0 Å². The fourth-order valence-corrected chi connectivity index (χ4v) is 2.38. The number of hydrogen-bond acceptors (Lipinski definition) is 4. The van der Waals surface area contributed by atoms with E-state index in [1.54, 1.807) is 18.1 Å². The molecule has 2 aromatic carbocycles. The van der Waals surface area contributed by atoms with Crippen molar-refractivity contribution in [3.63, 3.8) is 0 Å². The summed E-state index contributed by atoms with van der Waals surface area (Å²) >= 11 is 0. The summed E-state index contributed by atoms with van der Waals surface area (Å²) in [6.07, 6.45) is 3.57. The van der Waals surface area contributed by atoms with E-state index in [2.05, 4.69) is 32.8 Å². The highest BCUT2D eigenvalue weighted by molar-refractivity contribution is 5.78. The molecule has 24 heavy (non-hydrogen) atoms. The van der Waals surface area contributed by atoms with E-state index in [1.807, 2.05) is 36.4 Å². The number of carbonyl (C=O) groups excluding carboxylic acids is 1. The molecule has 0 saturated heterocycles. The molecule has 6 heteroatoms. The van der Waals surface area contributed by atoms with Crippen LogP contribution in [-0.2, 0) is 17.8 Å². The smallest absolute Gasteiger partial charge is 0.224 e. The Balaban J connectivity index is 1.61. The average molecular weight is 321 g/mol. The first-order valence-corrected chi connectivity index (χ1v) is 7.72. The number of likely N-dealkylation sites (N-methyl/N-ethyl adjacent to an activating group) is 1. The minimum atomic E-state index is 0.0100. The Morgan fingerprint density at radius 3 is 2.67 bits per heavy atom. The summed E-state index contributed by atoms with van der Waals surface area (Å²) in [6.45, 7) is 0.709. The molecule has 0 aliphatic carbocycles. The fourth-order valence-electron chi connectivity index (χ4n) is 2.38. The predicted octanol–water partition coefficient (Wildman–Crippen LogP) is 2.17. The Morgan fingerprint density at radius 2 is 1.96 bits per heavy atom. The molecule has 0 spiro atoms. The van der Waals surface area contributed by atoms with Crippen LogP contribution in [0, 0.1) is 0 Å². The van der Waals surface area contributed by atoms with E-state index >= 15 is 0 Å². The Bertz CT molecular complexity index is 797. The van der Waals surface area contributed by atoms with Crippen molar-refractivity contribution in [3.05, 3.63) is 72.3 Å². The molecule has 1 aromatic heterocycles. The van der Waals surface area contributed by atoms with E-state index in [9.17, 15) is 4.79 Å². The number of nitrogens with zero attached hydrogens (tertiary/aromatic N) is 3. The largest absolute Gasteiger partial charge is 0.381 e. The monoisotopic (exact) mass is 321 g/mol. The highest BCUT2D eigenvalue weighted by Crippen LogP contribution is 2.14. The normalized spacial score (nSPS) is 10.4. The summed E-state index contributed by atoms with van der Waals surface area (Å²) < 4.78 is 1.72. The van der Waals surface area contributed by atoms with Gasteiger partial charge in [-0.3, -0.25) is 4.79 Å². The molecule has 0 aliphatic rings. The van der Waals surface area contributed by atoms with E-state index < -0.39 is 0 Å². The van der Waals surface area contributed by atoms with E-state index in [0.29, 0.717) is 13.0 Å². The first kappa shape index (κ1) is 15.7. The van der Waals surface area contributed by atoms with Gasteiger partial charge in [0.2, 0.25) is 5.91 Å². The second-order valence-electron chi connectivity index (χ2n) is 5.41. The zero-order valence-electron chi connectivity index (χ0n) is 13.4. The minimum absolute atomic E-state index is 0.0100. The van der Waals surface area contributed by atoms with Crippen LogP contribution in [0.15, 0.2) is 61.2 Å². The summed E-state index contributed by atoms with van der Waals surface area (Å²) in [5.74, 6) is 0.0100. The van der Waals surface area contributed by atoms with Gasteiger partial charge in [0, 0.05) is 19.3 Å². The van der Waals surface area contributed by atoms with Gasteiger partial charge >= 0.3 is 0 Å². The van der Waals surface area contributed by atoms with Crippen LogP contribution in [0.1, 0.15) is 11.1 Å². The molecular formula is C18H19N5O. The number of carbonyl (C=O) groups is 1. The highest BCUT2D eigenvalue weighted by atomic mass is 16.1. The van der Waals surface area contributed by atoms with Gasteiger partial charge in [-0.2, -0.15) is 5.10 Å². The lowest BCUT2D eigenvalue weighted by molar-refractivity contribution is -0.119. The molecule has 0 saturated carbocycles. The number of benzene rings is 2. The number of rotatable bonds is 6. The first-order valence-electron chi connectivity index (χ1n) is 7.72. The molecule has 1 amide bonds. The number of amides is 1. The SMILES string of the molecule is CNC(=O)Cc1cccc(NCc2ccc(-n3cncn3)cc2)c1. The standard InChI is InChI=1S/C18H19N5O/c1-19-18(24)10-15-3-2-4-16(9-15)21-11-14-5-7-17(8-6-14)23-13-20-12-22-23/h2-9,12-13,21H,10-11H2,1H3,(H,19,24). The van der Waals surface area contributed by atoms with Crippen molar-refractivity contribution >= 4 is 11.6 Å². The van der Waals surface area contributed by atoms with Crippen LogP contribution in [0.25, 0.3) is 5.69 Å². The van der Waals surface area contributed by atoms with E-state index in [-0.39, 0.29) is 5.91 Å². The van der Waals surface area contributed by atoms with Gasteiger partial charge in [0.05, 0.1) is 12.1 Å². The van der Waals surface area contributed by atoms with Gasteiger partial charge < -0.3 is 10.6 Å². The maximum absolute atomic E-state index is 11.5. The van der Waals surface area contributed by atoms with Crippen molar-refractivity contribution in [2.45, 2.75) is 13.0 Å². The van der Waals surface area contributed by atoms with Gasteiger partial charge in [0.1, 0.15) is 12.7 Å². The van der Waals surface area contributed by atoms with Crippen LogP contribution in [0.4, 0.5) is 5.69 Å². The van der Waals surface area contributed by atoms with Gasteiger partial charge in [0.25, 0.3) is 0 Å². The van der Waals surface area contributed by atoms with Gasteiger partial charge in [-0.25, -0.2) is 9.67 Å². The topological polar surface area (TPSA) is 71.8 Å². The Labute approximate surface area is 140 Å². The van der Waals surface area contributed by atoms with E-state index in [0.717, 1.165) is 22.5 Å². The van der Waals surface area contributed by atoms with Crippen molar-refractivity contribution in [1.82, 2.24) is 20.1 Å². The molecule has 0 radical (unpaired) electrons. The van der Waals surface area contributed by atoms with Crippen LogP contribution in [-0.4, -0.2) is 27.7 Å².